The zero-order chi connectivity index (χ0) is 20.3. The van der Waals surface area contributed by atoms with Crippen LogP contribution in [0.3, 0.4) is 0 Å². The van der Waals surface area contributed by atoms with E-state index in [-0.39, 0.29) is 37.5 Å². The molecule has 0 saturated carbocycles. The SMILES string of the molecule is Cl.N#Cc1cnc(-c2ccc(C(F)(F)F)nc2)cc1CNC(=O)[C@H]1C[C@@H](F)CN1. The Hall–Kier alpha value is -2.77. The number of nitriles is 1. The molecule has 29 heavy (non-hydrogen) atoms. The minimum absolute atomic E-state index is 0. The Morgan fingerprint density at radius 2 is 2.07 bits per heavy atom. The number of hydrogen-bond donors (Lipinski definition) is 2. The van der Waals surface area contributed by atoms with Gasteiger partial charge in [-0.25, -0.2) is 4.39 Å². The highest BCUT2D eigenvalue weighted by molar-refractivity contribution is 5.85. The third kappa shape index (κ3) is 5.40. The second-order valence-electron chi connectivity index (χ2n) is 6.28. The number of pyridine rings is 2. The molecule has 11 heteroatoms. The number of carbonyl (C=O) groups excluding carboxylic acids is 1. The summed E-state index contributed by atoms with van der Waals surface area (Å²) >= 11 is 0. The lowest BCUT2D eigenvalue weighted by molar-refractivity contribution is -0.141. The lowest BCUT2D eigenvalue weighted by atomic mass is 10.1. The average molecular weight is 430 g/mol. The Morgan fingerprint density at radius 1 is 1.31 bits per heavy atom. The molecule has 154 valence electrons. The van der Waals surface area contributed by atoms with Gasteiger partial charge < -0.3 is 10.6 Å². The highest BCUT2D eigenvalue weighted by atomic mass is 35.5. The van der Waals surface area contributed by atoms with E-state index in [1.165, 1.54) is 18.3 Å². The van der Waals surface area contributed by atoms with Gasteiger partial charge in [-0.1, -0.05) is 0 Å². The number of nitrogens with one attached hydrogen (secondary N) is 2. The zero-order valence-corrected chi connectivity index (χ0v) is 15.6. The average Bonchev–Trinajstić information content (AvgIpc) is 3.11. The van der Waals surface area contributed by atoms with Gasteiger partial charge in [0.05, 0.1) is 17.3 Å². The first-order valence-corrected chi connectivity index (χ1v) is 8.35. The highest BCUT2D eigenvalue weighted by Gasteiger charge is 2.32. The van der Waals surface area contributed by atoms with Crippen LogP contribution in [0.4, 0.5) is 17.6 Å². The zero-order valence-electron chi connectivity index (χ0n) is 14.8. The van der Waals surface area contributed by atoms with E-state index in [9.17, 15) is 27.6 Å². The van der Waals surface area contributed by atoms with Crippen LogP contribution in [-0.4, -0.2) is 34.6 Å². The van der Waals surface area contributed by atoms with Crippen molar-refractivity contribution >= 4 is 18.3 Å². The summed E-state index contributed by atoms with van der Waals surface area (Å²) in [6.45, 7) is 0.113. The van der Waals surface area contributed by atoms with Gasteiger partial charge >= 0.3 is 6.18 Å². The van der Waals surface area contributed by atoms with E-state index in [1.807, 2.05) is 6.07 Å². The second-order valence-corrected chi connectivity index (χ2v) is 6.28. The van der Waals surface area contributed by atoms with Crippen LogP contribution in [0.5, 0.6) is 0 Å². The summed E-state index contributed by atoms with van der Waals surface area (Å²) < 4.78 is 51.1. The van der Waals surface area contributed by atoms with Crippen molar-refractivity contribution in [1.29, 1.82) is 5.26 Å². The maximum Gasteiger partial charge on any atom is 0.433 e. The van der Waals surface area contributed by atoms with E-state index in [2.05, 4.69) is 20.6 Å². The van der Waals surface area contributed by atoms with Crippen LogP contribution in [0.2, 0.25) is 0 Å². The lowest BCUT2D eigenvalue weighted by Gasteiger charge is -2.12. The number of carbonyl (C=O) groups is 1. The standard InChI is InChI=1S/C18H15F4N5O.ClH/c19-13-4-15(25-9-13)17(28)27-7-11-3-14(24-8-12(11)5-23)10-1-2-16(26-6-10)18(20,21)22;/h1-3,6,8,13,15,25H,4,7,9H2,(H,27,28);1H/t13-,15-;/m1./s1. The molecule has 2 aromatic rings. The molecule has 0 aromatic carbocycles. The molecule has 1 aliphatic rings. The fraction of sp³-hybridized carbons (Fsp3) is 0.333. The first kappa shape index (κ1) is 22.5. The summed E-state index contributed by atoms with van der Waals surface area (Å²) in [4.78, 5) is 19.6. The fourth-order valence-electron chi connectivity index (χ4n) is 2.81. The lowest BCUT2D eigenvalue weighted by Crippen LogP contribution is -2.40. The molecule has 0 aliphatic carbocycles. The van der Waals surface area contributed by atoms with Crippen molar-refractivity contribution in [2.75, 3.05) is 6.54 Å². The van der Waals surface area contributed by atoms with E-state index in [1.54, 1.807) is 0 Å². The van der Waals surface area contributed by atoms with Gasteiger partial charge in [-0.15, -0.1) is 12.4 Å². The van der Waals surface area contributed by atoms with Crippen LogP contribution in [0.25, 0.3) is 11.3 Å². The van der Waals surface area contributed by atoms with E-state index in [4.69, 9.17) is 0 Å². The third-order valence-electron chi connectivity index (χ3n) is 4.31. The number of halogens is 5. The molecule has 6 nitrogen and oxygen atoms in total. The van der Waals surface area contributed by atoms with E-state index >= 15 is 0 Å². The molecule has 3 rings (SSSR count). The molecule has 1 aliphatic heterocycles. The summed E-state index contributed by atoms with van der Waals surface area (Å²) in [7, 11) is 0. The van der Waals surface area contributed by atoms with Crippen LogP contribution in [-0.2, 0) is 17.5 Å². The minimum atomic E-state index is -4.54. The molecule has 2 N–H and O–H groups in total. The highest BCUT2D eigenvalue weighted by Crippen LogP contribution is 2.29. The summed E-state index contributed by atoms with van der Waals surface area (Å²) in [6, 6.07) is 4.89. The molecule has 0 unspecified atom stereocenters. The van der Waals surface area contributed by atoms with Gasteiger partial charge in [0.25, 0.3) is 0 Å². The van der Waals surface area contributed by atoms with Crippen LogP contribution in [0.15, 0.2) is 30.6 Å². The molecule has 1 fully saturated rings. The van der Waals surface area contributed by atoms with Gasteiger partial charge in [-0.2, -0.15) is 18.4 Å². The maximum atomic E-state index is 13.2. The van der Waals surface area contributed by atoms with Crippen LogP contribution in [0, 0.1) is 11.3 Å². The molecule has 0 spiro atoms. The van der Waals surface area contributed by atoms with Gasteiger partial charge in [-0.3, -0.25) is 14.8 Å². The number of alkyl halides is 4. The maximum absolute atomic E-state index is 13.2. The van der Waals surface area contributed by atoms with E-state index in [0.717, 1.165) is 12.3 Å². The molecular formula is C18H16ClF4N5O. The van der Waals surface area contributed by atoms with Crippen molar-refractivity contribution < 1.29 is 22.4 Å². The largest absolute Gasteiger partial charge is 0.433 e. The molecule has 1 amide bonds. The number of nitrogens with zero attached hydrogens (tertiary/aromatic N) is 3. The normalized spacial score (nSPS) is 18.6. The first-order valence-electron chi connectivity index (χ1n) is 8.35. The predicted octanol–water partition coefficient (Wildman–Crippen LogP) is 2.77. The second kappa shape index (κ2) is 9.15. The number of hydrogen-bond acceptors (Lipinski definition) is 5. The third-order valence-corrected chi connectivity index (χ3v) is 4.31. The Morgan fingerprint density at radius 3 is 2.62 bits per heavy atom. The summed E-state index contributed by atoms with van der Waals surface area (Å²) in [5, 5.41) is 14.6. The Kier molecular flexibility index (Phi) is 7.11. The van der Waals surface area contributed by atoms with Crippen molar-refractivity contribution in [2.45, 2.75) is 31.4 Å². The summed E-state index contributed by atoms with van der Waals surface area (Å²) in [5.41, 5.74) is 0.282. The smallest absolute Gasteiger partial charge is 0.351 e. The van der Waals surface area contributed by atoms with Gasteiger partial charge in [-0.05, 0) is 23.8 Å². The molecule has 0 radical (unpaired) electrons. The molecule has 3 heterocycles. The molecule has 2 atom stereocenters. The molecule has 0 bridgehead atoms. The summed E-state index contributed by atoms with van der Waals surface area (Å²) in [5.74, 6) is -0.390. The molecule has 1 saturated heterocycles. The van der Waals surface area contributed by atoms with Crippen molar-refractivity contribution in [3.63, 3.8) is 0 Å². The Labute approximate surface area is 169 Å². The Bertz CT molecular complexity index is 914. The van der Waals surface area contributed by atoms with Crippen LogP contribution >= 0.6 is 12.4 Å². The summed E-state index contributed by atoms with van der Waals surface area (Å²) in [6.07, 6.45) is -3.22. The quantitative estimate of drug-likeness (QED) is 0.729. The minimum Gasteiger partial charge on any atom is -0.351 e. The molecular weight excluding hydrogens is 414 g/mol. The van der Waals surface area contributed by atoms with Gasteiger partial charge in [0.15, 0.2) is 0 Å². The fourth-order valence-corrected chi connectivity index (χ4v) is 2.81. The van der Waals surface area contributed by atoms with Crippen LogP contribution in [0.1, 0.15) is 23.2 Å². The van der Waals surface area contributed by atoms with Crippen molar-refractivity contribution in [3.05, 3.63) is 47.4 Å². The van der Waals surface area contributed by atoms with E-state index in [0.29, 0.717) is 16.8 Å². The van der Waals surface area contributed by atoms with Crippen LogP contribution < -0.4 is 10.6 Å². The number of rotatable bonds is 4. The predicted molar refractivity (Wildman–Crippen MR) is 97.6 cm³/mol. The van der Waals surface area contributed by atoms with Crippen molar-refractivity contribution in [3.8, 4) is 17.3 Å². The first-order chi connectivity index (χ1) is 13.3. The topological polar surface area (TPSA) is 90.7 Å². The van der Waals surface area contributed by atoms with Gasteiger partial charge in [0, 0.05) is 37.5 Å². The van der Waals surface area contributed by atoms with E-state index < -0.39 is 30.0 Å². The number of aromatic nitrogens is 2. The van der Waals surface area contributed by atoms with Crippen molar-refractivity contribution in [2.24, 2.45) is 0 Å². The monoisotopic (exact) mass is 429 g/mol. The molecule has 2 aromatic heterocycles. The number of amides is 1. The van der Waals surface area contributed by atoms with Gasteiger partial charge in [0.2, 0.25) is 5.91 Å². The van der Waals surface area contributed by atoms with Gasteiger partial charge in [0.1, 0.15) is 17.9 Å². The Balaban J connectivity index is 0.00000300. The van der Waals surface area contributed by atoms with Crippen molar-refractivity contribution in [1.82, 2.24) is 20.6 Å².